The molecule has 0 saturated heterocycles. The predicted molar refractivity (Wildman–Crippen MR) is 102 cm³/mol. The molecular formula is C21H26N2O3S. The van der Waals surface area contributed by atoms with Crippen LogP contribution < -0.4 is 0 Å². The molecule has 4 saturated carbocycles. The molecule has 0 atom stereocenters. The first-order valence-corrected chi connectivity index (χ1v) is 10.8. The third kappa shape index (κ3) is 3.50. The van der Waals surface area contributed by atoms with Crippen LogP contribution in [0.5, 0.6) is 0 Å². The van der Waals surface area contributed by atoms with Crippen LogP contribution in [0.4, 0.5) is 0 Å². The second-order valence-corrected chi connectivity index (χ2v) is 9.52. The maximum Gasteiger partial charge on any atom is 0.349 e. The molecule has 4 aliphatic rings. The third-order valence-corrected chi connectivity index (χ3v) is 7.70. The summed E-state index contributed by atoms with van der Waals surface area (Å²) in [6.07, 6.45) is 7.37. The van der Waals surface area contributed by atoms with E-state index in [1.807, 2.05) is 23.3 Å². The Morgan fingerprint density at radius 1 is 1.26 bits per heavy atom. The van der Waals surface area contributed by atoms with Gasteiger partial charge >= 0.3 is 5.97 Å². The van der Waals surface area contributed by atoms with Gasteiger partial charge in [0, 0.05) is 12.1 Å². The summed E-state index contributed by atoms with van der Waals surface area (Å²) < 4.78 is 5.35. The van der Waals surface area contributed by atoms with Crippen molar-refractivity contribution < 1.29 is 14.3 Å². The zero-order valence-electron chi connectivity index (χ0n) is 15.8. The molecule has 1 aromatic heterocycles. The van der Waals surface area contributed by atoms with E-state index in [1.54, 1.807) is 0 Å². The monoisotopic (exact) mass is 386 g/mol. The molecule has 0 unspecified atom stereocenters. The van der Waals surface area contributed by atoms with Gasteiger partial charge in [-0.1, -0.05) is 0 Å². The lowest BCUT2D eigenvalue weighted by atomic mass is 9.52. The van der Waals surface area contributed by atoms with Gasteiger partial charge in [0.15, 0.2) is 6.61 Å². The molecule has 5 rings (SSSR count). The number of nitrogens with zero attached hydrogens (tertiary/aromatic N) is 2. The number of aryl methyl sites for hydroxylation is 1. The van der Waals surface area contributed by atoms with Gasteiger partial charge in [-0.15, -0.1) is 11.3 Å². The number of hydrogen-bond acceptors (Lipinski definition) is 5. The molecule has 0 spiro atoms. The van der Waals surface area contributed by atoms with Crippen molar-refractivity contribution in [2.75, 3.05) is 13.2 Å². The van der Waals surface area contributed by atoms with Crippen LogP contribution in [0.1, 0.15) is 60.2 Å². The maximum atomic E-state index is 13.1. The van der Waals surface area contributed by atoms with Crippen LogP contribution in [0.15, 0.2) is 11.4 Å². The first kappa shape index (κ1) is 18.5. The number of ether oxygens (including phenoxy) is 1. The van der Waals surface area contributed by atoms with Gasteiger partial charge < -0.3 is 9.64 Å². The van der Waals surface area contributed by atoms with Crippen LogP contribution in [-0.4, -0.2) is 35.5 Å². The lowest BCUT2D eigenvalue weighted by Crippen LogP contribution is -2.62. The van der Waals surface area contributed by atoms with Gasteiger partial charge in [0.25, 0.3) is 5.91 Å². The van der Waals surface area contributed by atoms with E-state index in [0.29, 0.717) is 35.6 Å². The summed E-state index contributed by atoms with van der Waals surface area (Å²) in [5, 5.41) is 10.9. The van der Waals surface area contributed by atoms with Crippen molar-refractivity contribution in [1.82, 2.24) is 4.90 Å². The number of esters is 1. The molecule has 1 aromatic rings. The third-order valence-electron chi connectivity index (χ3n) is 6.70. The first-order chi connectivity index (χ1) is 13.0. The lowest BCUT2D eigenvalue weighted by molar-refractivity contribution is -0.153. The second kappa shape index (κ2) is 7.27. The van der Waals surface area contributed by atoms with E-state index in [-0.39, 0.29) is 18.1 Å². The minimum atomic E-state index is -0.429. The van der Waals surface area contributed by atoms with E-state index >= 15 is 0 Å². The number of hydrogen-bond donors (Lipinski definition) is 0. The fourth-order valence-corrected chi connectivity index (χ4v) is 6.85. The summed E-state index contributed by atoms with van der Waals surface area (Å²) in [5.41, 5.74) is 0.758. The van der Waals surface area contributed by atoms with Crippen molar-refractivity contribution in [1.29, 1.82) is 5.26 Å². The van der Waals surface area contributed by atoms with Gasteiger partial charge in [-0.2, -0.15) is 5.26 Å². The van der Waals surface area contributed by atoms with Gasteiger partial charge in [0.1, 0.15) is 4.88 Å². The molecule has 0 N–H and O–H groups in total. The number of carbonyl (C=O) groups is 2. The zero-order chi connectivity index (χ0) is 19.0. The Balaban J connectivity index is 1.47. The normalized spacial score (nSPS) is 30.7. The summed E-state index contributed by atoms with van der Waals surface area (Å²) in [4.78, 5) is 27.8. The summed E-state index contributed by atoms with van der Waals surface area (Å²) in [6.45, 7) is 2.07. The van der Waals surface area contributed by atoms with Crippen LogP contribution in [0, 0.1) is 36.0 Å². The molecule has 4 aliphatic carbocycles. The SMILES string of the molecule is Cc1ccsc1C(=O)OCC(=O)N(CCC#N)C12CC3CC(CC(C3)C1)C2. The molecule has 0 aromatic carbocycles. The number of amides is 1. The molecule has 1 amide bonds. The molecule has 4 fully saturated rings. The summed E-state index contributed by atoms with van der Waals surface area (Å²) >= 11 is 1.34. The topological polar surface area (TPSA) is 70.4 Å². The number of carbonyl (C=O) groups excluding carboxylic acids is 2. The van der Waals surface area contributed by atoms with Crippen molar-refractivity contribution in [2.45, 2.75) is 57.4 Å². The van der Waals surface area contributed by atoms with E-state index < -0.39 is 5.97 Å². The Labute approximate surface area is 164 Å². The first-order valence-electron chi connectivity index (χ1n) is 9.89. The van der Waals surface area contributed by atoms with Crippen molar-refractivity contribution in [3.8, 4) is 6.07 Å². The zero-order valence-corrected chi connectivity index (χ0v) is 16.6. The van der Waals surface area contributed by atoms with Crippen molar-refractivity contribution in [2.24, 2.45) is 17.8 Å². The second-order valence-electron chi connectivity index (χ2n) is 8.60. The van der Waals surface area contributed by atoms with E-state index in [2.05, 4.69) is 6.07 Å². The Morgan fingerprint density at radius 2 is 1.89 bits per heavy atom. The van der Waals surface area contributed by atoms with E-state index in [1.165, 1.54) is 30.6 Å². The maximum absolute atomic E-state index is 13.1. The van der Waals surface area contributed by atoms with E-state index in [9.17, 15) is 9.59 Å². The number of nitriles is 1. The minimum Gasteiger partial charge on any atom is -0.451 e. The van der Waals surface area contributed by atoms with Crippen molar-refractivity contribution in [3.63, 3.8) is 0 Å². The van der Waals surface area contributed by atoms with Crippen LogP contribution in [0.3, 0.4) is 0 Å². The minimum absolute atomic E-state index is 0.117. The van der Waals surface area contributed by atoms with Crippen LogP contribution in [-0.2, 0) is 9.53 Å². The number of thiophene rings is 1. The highest BCUT2D eigenvalue weighted by molar-refractivity contribution is 7.12. The highest BCUT2D eigenvalue weighted by atomic mass is 32.1. The summed E-state index contributed by atoms with van der Waals surface area (Å²) in [6, 6.07) is 4.05. The molecule has 0 radical (unpaired) electrons. The Morgan fingerprint density at radius 3 is 2.41 bits per heavy atom. The number of rotatable bonds is 6. The lowest BCUT2D eigenvalue weighted by Gasteiger charge is -2.60. The predicted octanol–water partition coefficient (Wildman–Crippen LogP) is 3.92. The Bertz CT molecular complexity index is 743. The van der Waals surface area contributed by atoms with Crippen LogP contribution in [0.25, 0.3) is 0 Å². The van der Waals surface area contributed by atoms with Gasteiger partial charge in [-0.25, -0.2) is 4.79 Å². The van der Waals surface area contributed by atoms with Crippen LogP contribution in [0.2, 0.25) is 0 Å². The largest absolute Gasteiger partial charge is 0.451 e. The van der Waals surface area contributed by atoms with Gasteiger partial charge in [-0.05, 0) is 80.2 Å². The summed E-state index contributed by atoms with van der Waals surface area (Å²) in [7, 11) is 0. The van der Waals surface area contributed by atoms with E-state index in [0.717, 1.165) is 24.8 Å². The van der Waals surface area contributed by atoms with E-state index in [4.69, 9.17) is 10.00 Å². The standard InChI is InChI=1S/C21H26N2O3S/c1-14-3-6-27-19(14)20(25)26-13-18(24)23(5-2-4-22)21-10-15-7-16(11-21)9-17(8-15)12-21/h3,6,15-17H,2,5,7-13H2,1H3. The molecule has 4 bridgehead atoms. The summed E-state index contributed by atoms with van der Waals surface area (Å²) in [5.74, 6) is 1.57. The smallest absolute Gasteiger partial charge is 0.349 e. The molecule has 27 heavy (non-hydrogen) atoms. The Hall–Kier alpha value is -1.87. The fraction of sp³-hybridized carbons (Fsp3) is 0.667. The van der Waals surface area contributed by atoms with Gasteiger partial charge in [0.05, 0.1) is 12.5 Å². The van der Waals surface area contributed by atoms with Crippen LogP contribution >= 0.6 is 11.3 Å². The molecule has 0 aliphatic heterocycles. The molecule has 144 valence electrons. The fourth-order valence-electron chi connectivity index (χ4n) is 6.04. The van der Waals surface area contributed by atoms with Gasteiger partial charge in [0.2, 0.25) is 0 Å². The average molecular weight is 387 g/mol. The van der Waals surface area contributed by atoms with Gasteiger partial charge in [-0.3, -0.25) is 4.79 Å². The van der Waals surface area contributed by atoms with Crippen molar-refractivity contribution in [3.05, 3.63) is 21.9 Å². The molecule has 1 heterocycles. The quantitative estimate of drug-likeness (QED) is 0.695. The Kier molecular flexibility index (Phi) is 4.98. The highest BCUT2D eigenvalue weighted by Gasteiger charge is 2.54. The molecule has 5 nitrogen and oxygen atoms in total. The molecule has 6 heteroatoms. The average Bonchev–Trinajstić information content (AvgIpc) is 3.04. The molecular weight excluding hydrogens is 360 g/mol. The van der Waals surface area contributed by atoms with Crippen molar-refractivity contribution >= 4 is 23.2 Å². The highest BCUT2D eigenvalue weighted by Crippen LogP contribution is 2.57.